The van der Waals surface area contributed by atoms with Gasteiger partial charge in [0.2, 0.25) is 5.91 Å². The van der Waals surface area contributed by atoms with Crippen molar-refractivity contribution in [1.29, 1.82) is 0 Å². The van der Waals surface area contributed by atoms with Crippen LogP contribution in [0.15, 0.2) is 36.7 Å². The Morgan fingerprint density at radius 2 is 1.96 bits per heavy atom. The van der Waals surface area contributed by atoms with Crippen molar-refractivity contribution in [2.45, 2.75) is 58.0 Å². The van der Waals surface area contributed by atoms with Crippen LogP contribution in [0.3, 0.4) is 0 Å². The summed E-state index contributed by atoms with van der Waals surface area (Å²) in [5, 5.41) is 3.42. The summed E-state index contributed by atoms with van der Waals surface area (Å²) in [6.45, 7) is 4.66. The average molecular weight is 382 g/mol. The quantitative estimate of drug-likeness (QED) is 0.825. The molecule has 1 heterocycles. The van der Waals surface area contributed by atoms with Crippen molar-refractivity contribution in [3.05, 3.63) is 48.0 Å². The number of imidazole rings is 1. The summed E-state index contributed by atoms with van der Waals surface area (Å²) in [7, 11) is 1.70. The van der Waals surface area contributed by atoms with Crippen LogP contribution >= 0.6 is 0 Å². The smallest absolute Gasteiger partial charge is 0.224 e. The molecule has 0 spiro atoms. The minimum atomic E-state index is -0.0768. The fraction of sp³-hybridized carbons (Fsp3) is 0.565. The molecule has 150 valence electrons. The first-order chi connectivity index (χ1) is 13.6. The molecule has 0 unspecified atom stereocenters. The number of methoxy groups -OCH3 is 1. The lowest BCUT2D eigenvalue weighted by atomic mass is 9.53. The summed E-state index contributed by atoms with van der Waals surface area (Å²) >= 11 is 0. The molecule has 0 radical (unpaired) electrons. The van der Waals surface area contributed by atoms with E-state index in [2.05, 4.69) is 27.0 Å². The van der Waals surface area contributed by atoms with Gasteiger partial charge in [-0.15, -0.1) is 0 Å². The van der Waals surface area contributed by atoms with Crippen molar-refractivity contribution in [3.8, 4) is 5.75 Å². The predicted molar refractivity (Wildman–Crippen MR) is 109 cm³/mol. The van der Waals surface area contributed by atoms with Crippen LogP contribution in [0.2, 0.25) is 0 Å². The highest BCUT2D eigenvalue weighted by atomic mass is 16.5. The number of aromatic nitrogens is 2. The number of carbonyl (C=O) groups is 1. The molecule has 2 fully saturated rings. The van der Waals surface area contributed by atoms with E-state index in [9.17, 15) is 4.79 Å². The molecule has 2 aliphatic rings. The number of nitrogens with one attached hydrogen (secondary N) is 1. The fourth-order valence-corrected chi connectivity index (χ4v) is 5.23. The molecular weight excluding hydrogens is 350 g/mol. The normalized spacial score (nSPS) is 27.4. The molecule has 5 atom stereocenters. The third-order valence-corrected chi connectivity index (χ3v) is 6.84. The van der Waals surface area contributed by atoms with E-state index < -0.39 is 0 Å². The molecule has 1 N–H and O–H groups in total. The first-order valence-corrected chi connectivity index (χ1v) is 10.5. The second-order valence-electron chi connectivity index (χ2n) is 8.47. The number of benzene rings is 1. The van der Waals surface area contributed by atoms with E-state index in [4.69, 9.17) is 4.74 Å². The highest BCUT2D eigenvalue weighted by Gasteiger charge is 2.51. The van der Waals surface area contributed by atoms with Crippen LogP contribution in [-0.4, -0.2) is 28.6 Å². The van der Waals surface area contributed by atoms with E-state index in [0.717, 1.165) is 11.6 Å². The van der Waals surface area contributed by atoms with Gasteiger partial charge in [0.05, 0.1) is 13.0 Å². The van der Waals surface area contributed by atoms with Crippen molar-refractivity contribution in [1.82, 2.24) is 14.9 Å². The van der Waals surface area contributed by atoms with Crippen LogP contribution in [0.4, 0.5) is 0 Å². The van der Waals surface area contributed by atoms with E-state index >= 15 is 0 Å². The Bertz CT molecular complexity index is 814. The maximum Gasteiger partial charge on any atom is 0.224 e. The summed E-state index contributed by atoms with van der Waals surface area (Å²) in [5.74, 6) is 3.64. The number of carbonyl (C=O) groups excluding carboxylic acids is 1. The molecule has 5 heteroatoms. The molecule has 0 bridgehead atoms. The average Bonchev–Trinajstić information content (AvgIpc) is 3.11. The molecule has 1 aromatic carbocycles. The molecule has 2 saturated carbocycles. The van der Waals surface area contributed by atoms with Crippen LogP contribution in [0.25, 0.3) is 0 Å². The van der Waals surface area contributed by atoms with Gasteiger partial charge < -0.3 is 14.6 Å². The zero-order valence-corrected chi connectivity index (χ0v) is 17.1. The highest BCUT2D eigenvalue weighted by Crippen LogP contribution is 2.54. The number of rotatable bonds is 6. The van der Waals surface area contributed by atoms with Gasteiger partial charge in [-0.25, -0.2) is 4.98 Å². The maximum absolute atomic E-state index is 13.0. The SMILES string of the molecule is COc1ccc([C@H]2[C@H]3CCCC[C@@H]3[C@@H]2NC(=O)[C@H](C)Cn2ccnc2C)cc1. The first kappa shape index (κ1) is 19.0. The van der Waals surface area contributed by atoms with Gasteiger partial charge >= 0.3 is 0 Å². The Morgan fingerprint density at radius 3 is 2.61 bits per heavy atom. The van der Waals surface area contributed by atoms with Gasteiger partial charge in [-0.1, -0.05) is 31.9 Å². The summed E-state index contributed by atoms with van der Waals surface area (Å²) < 4.78 is 7.36. The zero-order chi connectivity index (χ0) is 19.7. The van der Waals surface area contributed by atoms with Crippen LogP contribution in [0.1, 0.15) is 49.9 Å². The molecule has 2 aliphatic carbocycles. The summed E-state index contributed by atoms with van der Waals surface area (Å²) in [5.41, 5.74) is 1.33. The minimum Gasteiger partial charge on any atom is -0.497 e. The number of nitrogens with zero attached hydrogens (tertiary/aromatic N) is 2. The zero-order valence-electron chi connectivity index (χ0n) is 17.1. The second-order valence-corrected chi connectivity index (χ2v) is 8.47. The Morgan fingerprint density at radius 1 is 1.25 bits per heavy atom. The monoisotopic (exact) mass is 381 g/mol. The van der Waals surface area contributed by atoms with Crippen molar-refractivity contribution in [2.24, 2.45) is 17.8 Å². The largest absolute Gasteiger partial charge is 0.497 e. The molecule has 2 aromatic rings. The van der Waals surface area contributed by atoms with E-state index in [1.54, 1.807) is 13.3 Å². The summed E-state index contributed by atoms with van der Waals surface area (Å²) in [6, 6.07) is 8.67. The molecule has 5 nitrogen and oxygen atoms in total. The number of hydrogen-bond donors (Lipinski definition) is 1. The molecule has 0 saturated heterocycles. The number of aryl methyl sites for hydroxylation is 1. The van der Waals surface area contributed by atoms with E-state index in [1.807, 2.05) is 32.2 Å². The molecule has 28 heavy (non-hydrogen) atoms. The van der Waals surface area contributed by atoms with Gasteiger partial charge in [-0.2, -0.15) is 0 Å². The summed E-state index contributed by atoms with van der Waals surface area (Å²) in [6.07, 6.45) is 8.84. The van der Waals surface area contributed by atoms with Crippen LogP contribution in [0.5, 0.6) is 5.75 Å². The molecule has 1 amide bonds. The van der Waals surface area contributed by atoms with Gasteiger partial charge in [0, 0.05) is 30.9 Å². The molecule has 1 aromatic heterocycles. The van der Waals surface area contributed by atoms with Crippen molar-refractivity contribution in [2.75, 3.05) is 7.11 Å². The van der Waals surface area contributed by atoms with Crippen LogP contribution in [0, 0.1) is 24.7 Å². The van der Waals surface area contributed by atoms with Gasteiger partial charge in [-0.05, 0) is 49.3 Å². The first-order valence-electron chi connectivity index (χ1n) is 10.5. The van der Waals surface area contributed by atoms with Gasteiger partial charge in [0.1, 0.15) is 11.6 Å². The molecule has 4 rings (SSSR count). The Hall–Kier alpha value is -2.30. The third-order valence-electron chi connectivity index (χ3n) is 6.84. The molecular formula is C23H31N3O2. The Balaban J connectivity index is 1.47. The Labute approximate surface area is 167 Å². The number of amides is 1. The maximum atomic E-state index is 13.0. The van der Waals surface area contributed by atoms with Gasteiger partial charge in [-0.3, -0.25) is 4.79 Å². The lowest BCUT2D eigenvalue weighted by Crippen LogP contribution is -2.60. The lowest BCUT2D eigenvalue weighted by molar-refractivity contribution is -0.128. The Kier molecular flexibility index (Phi) is 5.42. The van der Waals surface area contributed by atoms with Gasteiger partial charge in [0.25, 0.3) is 0 Å². The predicted octanol–water partition coefficient (Wildman–Crippen LogP) is 3.92. The topological polar surface area (TPSA) is 56.1 Å². The van der Waals surface area contributed by atoms with E-state index in [0.29, 0.717) is 24.3 Å². The number of ether oxygens (including phenoxy) is 1. The van der Waals surface area contributed by atoms with Gasteiger partial charge in [0.15, 0.2) is 0 Å². The third kappa shape index (κ3) is 3.54. The minimum absolute atomic E-state index is 0.0768. The van der Waals surface area contributed by atoms with Crippen LogP contribution < -0.4 is 10.1 Å². The molecule has 0 aliphatic heterocycles. The number of fused-ring (bicyclic) bond motifs is 1. The van der Waals surface area contributed by atoms with Crippen molar-refractivity contribution in [3.63, 3.8) is 0 Å². The van der Waals surface area contributed by atoms with Crippen molar-refractivity contribution < 1.29 is 9.53 Å². The fourth-order valence-electron chi connectivity index (χ4n) is 5.23. The van der Waals surface area contributed by atoms with Crippen LogP contribution in [-0.2, 0) is 11.3 Å². The lowest BCUT2D eigenvalue weighted by Gasteiger charge is -2.55. The highest BCUT2D eigenvalue weighted by molar-refractivity contribution is 5.79. The summed E-state index contributed by atoms with van der Waals surface area (Å²) in [4.78, 5) is 17.2. The van der Waals surface area contributed by atoms with Crippen molar-refractivity contribution >= 4 is 5.91 Å². The standard InChI is InChI=1S/C23H31N3O2/c1-15(14-26-13-12-24-16(26)2)23(27)25-22-20-7-5-4-6-19(20)21(22)17-8-10-18(28-3)11-9-17/h8-13,15,19-22H,4-7,14H2,1-3H3,(H,25,27)/t15-,19+,20+,21+,22+/m1/s1. The second kappa shape index (κ2) is 7.98. The number of hydrogen-bond acceptors (Lipinski definition) is 3. The van der Waals surface area contributed by atoms with E-state index in [1.165, 1.54) is 31.2 Å². The van der Waals surface area contributed by atoms with E-state index in [-0.39, 0.29) is 17.9 Å².